The van der Waals surface area contributed by atoms with Crippen LogP contribution in [-0.2, 0) is 0 Å². The summed E-state index contributed by atoms with van der Waals surface area (Å²) in [7, 11) is 0. The van der Waals surface area contributed by atoms with Crippen molar-refractivity contribution in [2.75, 3.05) is 11.1 Å². The number of fused-ring (bicyclic) bond motifs is 1. The van der Waals surface area contributed by atoms with Gasteiger partial charge in [0.15, 0.2) is 0 Å². The molecule has 6 nitrogen and oxygen atoms in total. The number of nitrogens with zero attached hydrogens (tertiary/aromatic N) is 4. The van der Waals surface area contributed by atoms with Crippen LogP contribution >= 0.6 is 27.5 Å². The molecule has 0 saturated heterocycles. The highest BCUT2D eigenvalue weighted by Gasteiger charge is 2.07. The van der Waals surface area contributed by atoms with E-state index in [1.54, 1.807) is 6.20 Å². The second-order valence-corrected chi connectivity index (χ2v) is 5.20. The number of pyridine rings is 1. The second kappa shape index (κ2) is 5.18. The number of aromatic nitrogens is 4. The molecular formula is C12H8BrClN6. The zero-order valence-corrected chi connectivity index (χ0v) is 12.4. The van der Waals surface area contributed by atoms with E-state index in [9.17, 15) is 0 Å². The molecule has 0 aliphatic heterocycles. The summed E-state index contributed by atoms with van der Waals surface area (Å²) in [5.74, 6) is 0.336. The molecule has 0 aliphatic rings. The van der Waals surface area contributed by atoms with E-state index in [0.29, 0.717) is 0 Å². The number of halogens is 2. The molecule has 0 unspecified atom stereocenters. The van der Waals surface area contributed by atoms with E-state index in [1.165, 1.54) is 0 Å². The largest absolute Gasteiger partial charge is 0.368 e. The Morgan fingerprint density at radius 2 is 2.05 bits per heavy atom. The molecule has 0 spiro atoms. The molecule has 100 valence electrons. The van der Waals surface area contributed by atoms with Gasteiger partial charge in [-0.15, -0.1) is 0 Å². The van der Waals surface area contributed by atoms with Crippen LogP contribution in [0, 0.1) is 0 Å². The van der Waals surface area contributed by atoms with E-state index in [-0.39, 0.29) is 17.2 Å². The van der Waals surface area contributed by atoms with Crippen LogP contribution in [0.15, 0.2) is 34.9 Å². The van der Waals surface area contributed by atoms with Crippen LogP contribution < -0.4 is 11.1 Å². The van der Waals surface area contributed by atoms with E-state index in [4.69, 9.17) is 17.3 Å². The van der Waals surface area contributed by atoms with Crippen molar-refractivity contribution >= 4 is 56.0 Å². The third-order valence-corrected chi connectivity index (χ3v) is 3.15. The lowest BCUT2D eigenvalue weighted by atomic mass is 10.2. The lowest BCUT2D eigenvalue weighted by Crippen LogP contribution is -2.03. The Bertz CT molecular complexity index is 774. The van der Waals surface area contributed by atoms with Crippen LogP contribution in [0.1, 0.15) is 0 Å². The first kappa shape index (κ1) is 13.0. The average Bonchev–Trinajstić information content (AvgIpc) is 2.37. The van der Waals surface area contributed by atoms with Gasteiger partial charge in [0, 0.05) is 16.1 Å². The van der Waals surface area contributed by atoms with Gasteiger partial charge in [0.2, 0.25) is 17.2 Å². The number of rotatable bonds is 2. The van der Waals surface area contributed by atoms with Gasteiger partial charge in [0.1, 0.15) is 0 Å². The van der Waals surface area contributed by atoms with Crippen molar-refractivity contribution in [1.29, 1.82) is 0 Å². The molecule has 3 N–H and O–H groups in total. The van der Waals surface area contributed by atoms with Gasteiger partial charge in [-0.3, -0.25) is 4.98 Å². The standard InChI is InChI=1S/C12H8BrClN6/c13-7-4-6-2-1-3-8(9(6)16-5-7)17-12-19-10(14)18-11(15)20-12/h1-5H,(H3,15,17,18,19,20). The highest BCUT2D eigenvalue weighted by atomic mass is 79.9. The Morgan fingerprint density at radius 3 is 2.85 bits per heavy atom. The topological polar surface area (TPSA) is 89.6 Å². The van der Waals surface area contributed by atoms with Crippen LogP contribution in [0.4, 0.5) is 17.6 Å². The molecule has 0 fully saturated rings. The number of benzene rings is 1. The number of hydrogen-bond donors (Lipinski definition) is 2. The number of para-hydroxylation sites is 1. The van der Waals surface area contributed by atoms with Gasteiger partial charge in [-0.25, -0.2) is 0 Å². The van der Waals surface area contributed by atoms with E-state index >= 15 is 0 Å². The third-order valence-electron chi connectivity index (χ3n) is 2.55. The van der Waals surface area contributed by atoms with Gasteiger partial charge in [0.05, 0.1) is 11.2 Å². The lowest BCUT2D eigenvalue weighted by molar-refractivity contribution is 1.07. The van der Waals surface area contributed by atoms with E-state index in [2.05, 4.69) is 41.2 Å². The maximum Gasteiger partial charge on any atom is 0.233 e. The van der Waals surface area contributed by atoms with Crippen molar-refractivity contribution in [1.82, 2.24) is 19.9 Å². The fraction of sp³-hybridized carbons (Fsp3) is 0. The van der Waals surface area contributed by atoms with Crippen molar-refractivity contribution in [3.05, 3.63) is 40.2 Å². The highest BCUT2D eigenvalue weighted by molar-refractivity contribution is 9.10. The molecule has 1 aromatic carbocycles. The fourth-order valence-corrected chi connectivity index (χ4v) is 2.29. The Kier molecular flexibility index (Phi) is 3.37. The van der Waals surface area contributed by atoms with Crippen LogP contribution in [0.2, 0.25) is 5.28 Å². The summed E-state index contributed by atoms with van der Waals surface area (Å²) in [6.45, 7) is 0. The number of anilines is 3. The summed E-state index contributed by atoms with van der Waals surface area (Å²) in [6.07, 6.45) is 1.72. The zero-order chi connectivity index (χ0) is 14.1. The number of hydrogen-bond acceptors (Lipinski definition) is 6. The Hall–Kier alpha value is -1.99. The minimum Gasteiger partial charge on any atom is -0.368 e. The van der Waals surface area contributed by atoms with Crippen LogP contribution in [0.5, 0.6) is 0 Å². The molecule has 8 heteroatoms. The van der Waals surface area contributed by atoms with Crippen molar-refractivity contribution in [2.45, 2.75) is 0 Å². The van der Waals surface area contributed by atoms with Crippen LogP contribution in [0.3, 0.4) is 0 Å². The van der Waals surface area contributed by atoms with Gasteiger partial charge in [-0.05, 0) is 39.7 Å². The van der Waals surface area contributed by atoms with E-state index in [1.807, 2.05) is 24.3 Å². The molecule has 3 aromatic rings. The van der Waals surface area contributed by atoms with Gasteiger partial charge in [-0.2, -0.15) is 15.0 Å². The molecule has 0 atom stereocenters. The minimum absolute atomic E-state index is 0.0379. The molecular weight excluding hydrogens is 344 g/mol. The molecule has 3 rings (SSSR count). The molecule has 2 heterocycles. The van der Waals surface area contributed by atoms with Gasteiger partial charge >= 0.3 is 0 Å². The molecule has 0 radical (unpaired) electrons. The quantitative estimate of drug-likeness (QED) is 0.737. The normalized spacial score (nSPS) is 10.7. The van der Waals surface area contributed by atoms with Crippen molar-refractivity contribution in [2.24, 2.45) is 0 Å². The van der Waals surface area contributed by atoms with Gasteiger partial charge in [-0.1, -0.05) is 12.1 Å². The van der Waals surface area contributed by atoms with E-state index in [0.717, 1.165) is 21.1 Å². The maximum absolute atomic E-state index is 5.75. The molecule has 2 aromatic heterocycles. The fourth-order valence-electron chi connectivity index (χ4n) is 1.78. The summed E-state index contributed by atoms with van der Waals surface area (Å²) in [5.41, 5.74) is 7.09. The Morgan fingerprint density at radius 1 is 1.20 bits per heavy atom. The summed E-state index contributed by atoms with van der Waals surface area (Å²) < 4.78 is 0.912. The first-order valence-corrected chi connectivity index (χ1v) is 6.77. The summed E-state index contributed by atoms with van der Waals surface area (Å²) >= 11 is 9.14. The third kappa shape index (κ3) is 2.63. The van der Waals surface area contributed by atoms with Crippen molar-refractivity contribution in [3.8, 4) is 0 Å². The molecule has 0 saturated carbocycles. The monoisotopic (exact) mass is 350 g/mol. The molecule has 20 heavy (non-hydrogen) atoms. The molecule has 0 aliphatic carbocycles. The smallest absolute Gasteiger partial charge is 0.233 e. The first-order valence-electron chi connectivity index (χ1n) is 5.60. The SMILES string of the molecule is Nc1nc(Cl)nc(Nc2cccc3cc(Br)cnc23)n1. The van der Waals surface area contributed by atoms with Crippen molar-refractivity contribution < 1.29 is 0 Å². The van der Waals surface area contributed by atoms with Gasteiger partial charge < -0.3 is 11.1 Å². The predicted octanol–water partition coefficient (Wildman–Crippen LogP) is 3.16. The number of nitrogens with one attached hydrogen (secondary N) is 1. The Balaban J connectivity index is 2.06. The summed E-state index contributed by atoms with van der Waals surface area (Å²) in [5, 5.41) is 4.07. The van der Waals surface area contributed by atoms with Crippen molar-refractivity contribution in [3.63, 3.8) is 0 Å². The van der Waals surface area contributed by atoms with E-state index < -0.39 is 0 Å². The molecule has 0 bridgehead atoms. The summed E-state index contributed by atoms with van der Waals surface area (Å²) in [6, 6.07) is 7.72. The first-order chi connectivity index (χ1) is 9.61. The lowest BCUT2D eigenvalue weighted by Gasteiger charge is -2.08. The predicted molar refractivity (Wildman–Crippen MR) is 82.0 cm³/mol. The second-order valence-electron chi connectivity index (χ2n) is 3.94. The van der Waals surface area contributed by atoms with Gasteiger partial charge in [0.25, 0.3) is 0 Å². The minimum atomic E-state index is 0.0379. The van der Waals surface area contributed by atoms with Crippen LogP contribution in [-0.4, -0.2) is 19.9 Å². The molecule has 0 amide bonds. The van der Waals surface area contributed by atoms with Crippen LogP contribution in [0.25, 0.3) is 10.9 Å². The Labute approximate surface area is 127 Å². The zero-order valence-electron chi connectivity index (χ0n) is 10.0. The number of nitrogen functional groups attached to an aromatic ring is 1. The maximum atomic E-state index is 5.75. The summed E-state index contributed by atoms with van der Waals surface area (Å²) in [4.78, 5) is 16.0. The average molecular weight is 352 g/mol. The highest BCUT2D eigenvalue weighted by Crippen LogP contribution is 2.25. The number of nitrogens with two attached hydrogens (primary N) is 1.